The van der Waals surface area contributed by atoms with Crippen molar-refractivity contribution in [3.63, 3.8) is 0 Å². The molecular weight excluding hydrogens is 619 g/mol. The van der Waals surface area contributed by atoms with Crippen molar-refractivity contribution in [3.05, 3.63) is 200 Å². The van der Waals surface area contributed by atoms with E-state index in [0.29, 0.717) is 0 Å². The van der Waals surface area contributed by atoms with Crippen LogP contribution < -0.4 is 4.90 Å². The van der Waals surface area contributed by atoms with Gasteiger partial charge >= 0.3 is 0 Å². The van der Waals surface area contributed by atoms with Crippen molar-refractivity contribution < 1.29 is 0 Å². The third kappa shape index (κ3) is 4.82. The second-order valence-electron chi connectivity index (χ2n) is 13.0. The Kier molecular flexibility index (Phi) is 6.81. The summed E-state index contributed by atoms with van der Waals surface area (Å²) < 4.78 is 4.73. The predicted molar refractivity (Wildman–Crippen MR) is 215 cm³/mol. The molecule has 0 atom stereocenters. The van der Waals surface area contributed by atoms with Crippen LogP contribution in [0.2, 0.25) is 0 Å². The van der Waals surface area contributed by atoms with Gasteiger partial charge in [-0.25, -0.2) is 0 Å². The highest BCUT2D eigenvalue weighted by atomic mass is 15.1. The molecule has 0 bridgehead atoms. The number of nitrogens with zero attached hydrogens (tertiary/aromatic N) is 3. The maximum absolute atomic E-state index is 2.37. The summed E-state index contributed by atoms with van der Waals surface area (Å²) in [7, 11) is 0. The largest absolute Gasteiger partial charge is 0.311 e. The SMILES string of the molecule is c1ccc(N(c2ccc(-c3ccc4c(c3)c3ccccc3n4-c3ccccc3)cc2)c2ccc(-n3c4ccccc4c4ccccc43)cc2)cc1. The summed E-state index contributed by atoms with van der Waals surface area (Å²) in [6, 6.07) is 72.0. The van der Waals surface area contributed by atoms with Crippen LogP contribution in [0, 0.1) is 0 Å². The number of fused-ring (bicyclic) bond motifs is 6. The van der Waals surface area contributed by atoms with Crippen molar-refractivity contribution in [3.8, 4) is 22.5 Å². The summed E-state index contributed by atoms with van der Waals surface area (Å²) >= 11 is 0. The number of para-hydroxylation sites is 5. The fourth-order valence-electron chi connectivity index (χ4n) is 7.79. The highest BCUT2D eigenvalue weighted by Gasteiger charge is 2.16. The fourth-order valence-corrected chi connectivity index (χ4v) is 7.79. The molecule has 10 aromatic rings. The second kappa shape index (κ2) is 11.9. The molecule has 240 valence electrons. The van der Waals surface area contributed by atoms with Crippen LogP contribution in [-0.4, -0.2) is 9.13 Å². The molecule has 0 aliphatic carbocycles. The van der Waals surface area contributed by atoms with E-state index in [2.05, 4.69) is 214 Å². The highest BCUT2D eigenvalue weighted by Crippen LogP contribution is 2.39. The van der Waals surface area contributed by atoms with Gasteiger partial charge in [-0.2, -0.15) is 0 Å². The molecule has 0 aliphatic rings. The smallest absolute Gasteiger partial charge is 0.0541 e. The molecule has 51 heavy (non-hydrogen) atoms. The molecule has 0 saturated heterocycles. The molecule has 0 aliphatic heterocycles. The molecule has 2 aromatic heterocycles. The molecule has 10 rings (SSSR count). The number of rotatable bonds is 6. The first-order valence-electron chi connectivity index (χ1n) is 17.4. The van der Waals surface area contributed by atoms with Gasteiger partial charge in [-0.05, 0) is 102 Å². The van der Waals surface area contributed by atoms with Crippen LogP contribution in [0.4, 0.5) is 17.1 Å². The number of anilines is 3. The van der Waals surface area contributed by atoms with Crippen LogP contribution in [0.3, 0.4) is 0 Å². The van der Waals surface area contributed by atoms with Crippen LogP contribution in [0.5, 0.6) is 0 Å². The van der Waals surface area contributed by atoms with Crippen LogP contribution in [0.15, 0.2) is 200 Å². The minimum absolute atomic E-state index is 1.11. The minimum atomic E-state index is 1.11. The average molecular weight is 652 g/mol. The number of hydrogen-bond donors (Lipinski definition) is 0. The second-order valence-corrected chi connectivity index (χ2v) is 13.0. The van der Waals surface area contributed by atoms with E-state index in [0.717, 1.165) is 22.7 Å². The van der Waals surface area contributed by atoms with Gasteiger partial charge in [0.25, 0.3) is 0 Å². The van der Waals surface area contributed by atoms with Gasteiger partial charge in [0.15, 0.2) is 0 Å². The van der Waals surface area contributed by atoms with Crippen molar-refractivity contribution in [2.24, 2.45) is 0 Å². The predicted octanol–water partition coefficient (Wildman–Crippen LogP) is 13.0. The lowest BCUT2D eigenvalue weighted by Gasteiger charge is -2.26. The Morgan fingerprint density at radius 2 is 0.667 bits per heavy atom. The lowest BCUT2D eigenvalue weighted by molar-refractivity contribution is 1.17. The zero-order valence-electron chi connectivity index (χ0n) is 27.9. The maximum Gasteiger partial charge on any atom is 0.0541 e. The number of aromatic nitrogens is 2. The van der Waals surface area contributed by atoms with Crippen LogP contribution >= 0.6 is 0 Å². The third-order valence-corrected chi connectivity index (χ3v) is 10.1. The van der Waals surface area contributed by atoms with E-state index in [1.165, 1.54) is 60.4 Å². The number of hydrogen-bond acceptors (Lipinski definition) is 1. The molecule has 8 aromatic carbocycles. The van der Waals surface area contributed by atoms with E-state index < -0.39 is 0 Å². The van der Waals surface area contributed by atoms with Crippen LogP contribution in [0.1, 0.15) is 0 Å². The van der Waals surface area contributed by atoms with Gasteiger partial charge in [0.1, 0.15) is 0 Å². The Balaban J connectivity index is 1.04. The molecule has 0 unspecified atom stereocenters. The Labute approximate surface area is 296 Å². The van der Waals surface area contributed by atoms with E-state index in [9.17, 15) is 0 Å². The molecular formula is C48H33N3. The van der Waals surface area contributed by atoms with Gasteiger partial charge in [-0.1, -0.05) is 109 Å². The molecule has 2 heterocycles. The zero-order valence-corrected chi connectivity index (χ0v) is 27.9. The van der Waals surface area contributed by atoms with Gasteiger partial charge in [0.2, 0.25) is 0 Å². The molecule has 0 saturated carbocycles. The summed E-state index contributed by atoms with van der Waals surface area (Å²) in [5, 5.41) is 5.05. The van der Waals surface area contributed by atoms with Crippen molar-refractivity contribution in [2.45, 2.75) is 0 Å². The summed E-state index contributed by atoms with van der Waals surface area (Å²) in [5.74, 6) is 0. The Morgan fingerprint density at radius 1 is 0.275 bits per heavy atom. The molecule has 0 spiro atoms. The molecule has 0 radical (unpaired) electrons. The van der Waals surface area contributed by atoms with E-state index >= 15 is 0 Å². The van der Waals surface area contributed by atoms with Gasteiger partial charge in [-0.15, -0.1) is 0 Å². The quantitative estimate of drug-likeness (QED) is 0.174. The van der Waals surface area contributed by atoms with Crippen molar-refractivity contribution >= 4 is 60.7 Å². The monoisotopic (exact) mass is 651 g/mol. The van der Waals surface area contributed by atoms with Gasteiger partial charge in [-0.3, -0.25) is 0 Å². The van der Waals surface area contributed by atoms with Crippen molar-refractivity contribution in [1.29, 1.82) is 0 Å². The molecule has 0 N–H and O–H groups in total. The zero-order chi connectivity index (χ0) is 33.7. The Bertz CT molecular complexity index is 2770. The van der Waals surface area contributed by atoms with Gasteiger partial charge in [0, 0.05) is 50.0 Å². The van der Waals surface area contributed by atoms with E-state index in [-0.39, 0.29) is 0 Å². The van der Waals surface area contributed by atoms with Gasteiger partial charge < -0.3 is 14.0 Å². The number of benzene rings is 8. The Hall–Kier alpha value is -6.84. The van der Waals surface area contributed by atoms with Crippen molar-refractivity contribution in [2.75, 3.05) is 4.90 Å². The Morgan fingerprint density at radius 3 is 1.24 bits per heavy atom. The normalized spacial score (nSPS) is 11.5. The summed E-state index contributed by atoms with van der Waals surface area (Å²) in [6.07, 6.45) is 0. The summed E-state index contributed by atoms with van der Waals surface area (Å²) in [4.78, 5) is 2.33. The van der Waals surface area contributed by atoms with Gasteiger partial charge in [0.05, 0.1) is 22.1 Å². The lowest BCUT2D eigenvalue weighted by Crippen LogP contribution is -2.10. The van der Waals surface area contributed by atoms with Crippen LogP contribution in [0.25, 0.3) is 66.1 Å². The van der Waals surface area contributed by atoms with Crippen molar-refractivity contribution in [1.82, 2.24) is 9.13 Å². The highest BCUT2D eigenvalue weighted by molar-refractivity contribution is 6.11. The topological polar surface area (TPSA) is 13.1 Å². The van der Waals surface area contributed by atoms with E-state index in [1.807, 2.05) is 0 Å². The first kappa shape index (κ1) is 29.1. The summed E-state index contributed by atoms with van der Waals surface area (Å²) in [5.41, 5.74) is 12.9. The van der Waals surface area contributed by atoms with E-state index in [4.69, 9.17) is 0 Å². The average Bonchev–Trinajstić information content (AvgIpc) is 3.72. The third-order valence-electron chi connectivity index (χ3n) is 10.1. The molecule has 0 fully saturated rings. The summed E-state index contributed by atoms with van der Waals surface area (Å²) in [6.45, 7) is 0. The standard InChI is InChI=1S/C48H33N3/c1-3-13-36(14-4-1)49(39-28-30-40(31-29-39)51-45-20-10-7-17-41(45)42-18-8-11-21-46(42)51)38-26-23-34(24-27-38)35-25-32-48-44(33-35)43-19-9-12-22-47(43)50(48)37-15-5-2-6-16-37/h1-33H. The molecule has 0 amide bonds. The maximum atomic E-state index is 2.37. The van der Waals surface area contributed by atoms with Crippen LogP contribution in [-0.2, 0) is 0 Å². The minimum Gasteiger partial charge on any atom is -0.311 e. The van der Waals surface area contributed by atoms with E-state index in [1.54, 1.807) is 0 Å². The first-order chi connectivity index (χ1) is 25.3. The fraction of sp³-hybridized carbons (Fsp3) is 0. The first-order valence-corrected chi connectivity index (χ1v) is 17.4. The lowest BCUT2D eigenvalue weighted by atomic mass is 10.0. The molecule has 3 nitrogen and oxygen atoms in total. The molecule has 3 heteroatoms.